The van der Waals surface area contributed by atoms with Crippen molar-refractivity contribution >= 4 is 5.82 Å². The molecule has 0 radical (unpaired) electrons. The first-order valence-corrected chi connectivity index (χ1v) is 9.67. The van der Waals surface area contributed by atoms with Crippen LogP contribution in [-0.4, -0.2) is 48.2 Å². The highest BCUT2D eigenvalue weighted by Gasteiger charge is 2.18. The number of rotatable bonds is 5. The maximum absolute atomic E-state index is 12.4. The third-order valence-corrected chi connectivity index (χ3v) is 4.68. The second-order valence-electron chi connectivity index (χ2n) is 7.57. The summed E-state index contributed by atoms with van der Waals surface area (Å²) in [6.45, 7) is 4.09. The standard InChI is InChI=1S/C21H24N8O/c1-14(2)29-21(24-20(25-29)17-7-6-8-18(23-17)26(3)4)15-9-10-19(30)28(12-15)16-11-22-27(5)13-16/h6-14H,1-5H3. The average Bonchev–Trinajstić information content (AvgIpc) is 3.35. The zero-order valence-corrected chi connectivity index (χ0v) is 17.7. The summed E-state index contributed by atoms with van der Waals surface area (Å²) in [5, 5.41) is 8.87. The molecule has 4 heterocycles. The van der Waals surface area contributed by atoms with Crippen molar-refractivity contribution in [2.45, 2.75) is 19.9 Å². The SMILES string of the molecule is CC(C)n1nc(-c2cccc(N(C)C)n2)nc1-c1ccc(=O)n(-c2cnn(C)c2)c1. The third kappa shape index (κ3) is 3.61. The molecule has 0 saturated heterocycles. The van der Waals surface area contributed by atoms with Crippen molar-refractivity contribution in [1.29, 1.82) is 0 Å². The Morgan fingerprint density at radius 1 is 1.03 bits per heavy atom. The quantitative estimate of drug-likeness (QED) is 0.508. The second kappa shape index (κ2) is 7.58. The van der Waals surface area contributed by atoms with Gasteiger partial charge in [-0.25, -0.2) is 14.6 Å². The van der Waals surface area contributed by atoms with Crippen LogP contribution in [-0.2, 0) is 7.05 Å². The smallest absolute Gasteiger partial charge is 0.255 e. The topological polar surface area (TPSA) is 86.7 Å². The molecule has 0 saturated carbocycles. The molecule has 4 rings (SSSR count). The van der Waals surface area contributed by atoms with Gasteiger partial charge in [-0.1, -0.05) is 6.07 Å². The predicted molar refractivity (Wildman–Crippen MR) is 116 cm³/mol. The highest BCUT2D eigenvalue weighted by atomic mass is 16.1. The predicted octanol–water partition coefficient (Wildman–Crippen LogP) is 2.54. The van der Waals surface area contributed by atoms with E-state index in [9.17, 15) is 4.79 Å². The Morgan fingerprint density at radius 2 is 1.83 bits per heavy atom. The summed E-state index contributed by atoms with van der Waals surface area (Å²) < 4.78 is 5.07. The molecule has 9 nitrogen and oxygen atoms in total. The van der Waals surface area contributed by atoms with Crippen LogP contribution in [0.25, 0.3) is 28.6 Å². The molecule has 0 aromatic carbocycles. The molecule has 0 spiro atoms. The lowest BCUT2D eigenvalue weighted by Gasteiger charge is -2.11. The monoisotopic (exact) mass is 404 g/mol. The van der Waals surface area contributed by atoms with Gasteiger partial charge in [0.1, 0.15) is 11.5 Å². The molecule has 9 heteroatoms. The Bertz CT molecular complexity index is 1250. The fourth-order valence-electron chi connectivity index (χ4n) is 3.14. The van der Waals surface area contributed by atoms with E-state index in [1.54, 1.807) is 33.9 Å². The van der Waals surface area contributed by atoms with Crippen LogP contribution in [0.5, 0.6) is 0 Å². The summed E-state index contributed by atoms with van der Waals surface area (Å²) in [5.41, 5.74) is 2.04. The lowest BCUT2D eigenvalue weighted by molar-refractivity contribution is 0.538. The van der Waals surface area contributed by atoms with Crippen LogP contribution in [0, 0.1) is 0 Å². The van der Waals surface area contributed by atoms with Gasteiger partial charge in [0, 0.05) is 51.2 Å². The van der Waals surface area contributed by atoms with Gasteiger partial charge in [0.2, 0.25) is 0 Å². The largest absolute Gasteiger partial charge is 0.363 e. The van der Waals surface area contributed by atoms with Crippen molar-refractivity contribution in [2.24, 2.45) is 7.05 Å². The minimum atomic E-state index is -0.136. The van der Waals surface area contributed by atoms with Crippen molar-refractivity contribution < 1.29 is 0 Å². The van der Waals surface area contributed by atoms with Crippen LogP contribution >= 0.6 is 0 Å². The van der Waals surface area contributed by atoms with Gasteiger partial charge in [-0.05, 0) is 32.0 Å². The summed E-state index contributed by atoms with van der Waals surface area (Å²) in [6, 6.07) is 9.16. The third-order valence-electron chi connectivity index (χ3n) is 4.68. The van der Waals surface area contributed by atoms with E-state index in [2.05, 4.69) is 10.1 Å². The molecule has 4 aromatic heterocycles. The van der Waals surface area contributed by atoms with Crippen LogP contribution in [0.3, 0.4) is 0 Å². The molecule has 0 bridgehead atoms. The molecule has 0 amide bonds. The molecule has 0 N–H and O–H groups in total. The number of aryl methyl sites for hydroxylation is 1. The van der Waals surface area contributed by atoms with Crippen LogP contribution in [0.4, 0.5) is 5.82 Å². The number of hydrogen-bond donors (Lipinski definition) is 0. The van der Waals surface area contributed by atoms with Crippen molar-refractivity contribution in [1.82, 2.24) is 34.1 Å². The minimum absolute atomic E-state index is 0.0806. The molecular weight excluding hydrogens is 380 g/mol. The first kappa shape index (κ1) is 19.6. The van der Waals surface area contributed by atoms with Gasteiger partial charge in [0.15, 0.2) is 11.6 Å². The number of hydrogen-bond acceptors (Lipinski definition) is 6. The van der Waals surface area contributed by atoms with Gasteiger partial charge < -0.3 is 4.90 Å². The minimum Gasteiger partial charge on any atom is -0.363 e. The van der Waals surface area contributed by atoms with E-state index >= 15 is 0 Å². The van der Waals surface area contributed by atoms with Crippen molar-refractivity contribution in [2.75, 3.05) is 19.0 Å². The fraction of sp³-hybridized carbons (Fsp3) is 0.286. The summed E-state index contributed by atoms with van der Waals surface area (Å²) in [7, 11) is 5.70. The van der Waals surface area contributed by atoms with E-state index < -0.39 is 0 Å². The van der Waals surface area contributed by atoms with Gasteiger partial charge in [-0.15, -0.1) is 5.10 Å². The Labute approximate surface area is 174 Å². The molecule has 0 atom stereocenters. The van der Waals surface area contributed by atoms with Crippen LogP contribution < -0.4 is 10.5 Å². The molecule has 30 heavy (non-hydrogen) atoms. The molecule has 0 unspecified atom stereocenters. The maximum Gasteiger partial charge on any atom is 0.255 e. The normalized spacial score (nSPS) is 11.3. The summed E-state index contributed by atoms with van der Waals surface area (Å²) >= 11 is 0. The lowest BCUT2D eigenvalue weighted by Crippen LogP contribution is -2.16. The van der Waals surface area contributed by atoms with E-state index in [-0.39, 0.29) is 11.6 Å². The number of anilines is 1. The Hall–Kier alpha value is -3.75. The molecule has 0 aliphatic carbocycles. The summed E-state index contributed by atoms with van der Waals surface area (Å²) in [5.74, 6) is 2.05. The fourth-order valence-corrected chi connectivity index (χ4v) is 3.14. The van der Waals surface area contributed by atoms with E-state index in [0.29, 0.717) is 23.0 Å². The van der Waals surface area contributed by atoms with Gasteiger partial charge in [0.05, 0.1) is 11.9 Å². The van der Waals surface area contributed by atoms with Gasteiger partial charge in [-0.3, -0.25) is 14.0 Å². The summed E-state index contributed by atoms with van der Waals surface area (Å²) in [6.07, 6.45) is 5.22. The van der Waals surface area contributed by atoms with Gasteiger partial charge in [-0.2, -0.15) is 5.10 Å². The molecule has 154 valence electrons. The Kier molecular flexibility index (Phi) is 4.94. The van der Waals surface area contributed by atoms with Crippen LogP contribution in [0.15, 0.2) is 53.7 Å². The van der Waals surface area contributed by atoms with E-state index in [1.807, 2.05) is 62.8 Å². The van der Waals surface area contributed by atoms with Gasteiger partial charge in [0.25, 0.3) is 5.56 Å². The van der Waals surface area contributed by atoms with Crippen molar-refractivity contribution in [3.05, 3.63) is 59.3 Å². The zero-order valence-electron chi connectivity index (χ0n) is 17.7. The van der Waals surface area contributed by atoms with E-state index in [4.69, 9.17) is 10.1 Å². The molecule has 0 fully saturated rings. The molecule has 0 aliphatic rings. The summed E-state index contributed by atoms with van der Waals surface area (Å²) in [4.78, 5) is 23.8. The van der Waals surface area contributed by atoms with Crippen LogP contribution in [0.2, 0.25) is 0 Å². The first-order valence-electron chi connectivity index (χ1n) is 9.67. The van der Waals surface area contributed by atoms with Crippen molar-refractivity contribution in [3.63, 3.8) is 0 Å². The van der Waals surface area contributed by atoms with Crippen LogP contribution in [0.1, 0.15) is 19.9 Å². The lowest BCUT2D eigenvalue weighted by atomic mass is 10.2. The Balaban J connectivity index is 1.84. The van der Waals surface area contributed by atoms with E-state index in [0.717, 1.165) is 11.4 Å². The van der Waals surface area contributed by atoms with Crippen molar-refractivity contribution in [3.8, 4) is 28.6 Å². The molecule has 0 aliphatic heterocycles. The Morgan fingerprint density at radius 3 is 2.50 bits per heavy atom. The first-order chi connectivity index (χ1) is 14.3. The molecule has 4 aromatic rings. The molecular formula is C21H24N8O. The number of aromatic nitrogens is 7. The second-order valence-corrected chi connectivity index (χ2v) is 7.57. The number of pyridine rings is 2. The maximum atomic E-state index is 12.4. The highest BCUT2D eigenvalue weighted by Crippen LogP contribution is 2.25. The average molecular weight is 404 g/mol. The van der Waals surface area contributed by atoms with Gasteiger partial charge >= 0.3 is 0 Å². The highest BCUT2D eigenvalue weighted by molar-refractivity contribution is 5.61. The zero-order chi connectivity index (χ0) is 21.4. The number of nitrogens with zero attached hydrogens (tertiary/aromatic N) is 8. The van der Waals surface area contributed by atoms with E-state index in [1.165, 1.54) is 6.07 Å².